The molecule has 2 heterocycles. The zero-order valence-electron chi connectivity index (χ0n) is 17.5. The fraction of sp³-hybridized carbons (Fsp3) is 0.174. The van der Waals surface area contributed by atoms with Crippen LogP contribution in [-0.2, 0) is 6.54 Å². The van der Waals surface area contributed by atoms with E-state index < -0.39 is 11.7 Å². The van der Waals surface area contributed by atoms with Crippen molar-refractivity contribution in [2.24, 2.45) is 11.5 Å². The Balaban J connectivity index is 1.79. The van der Waals surface area contributed by atoms with Gasteiger partial charge in [-0.15, -0.1) is 0 Å². The molecule has 0 aliphatic rings. The number of benzene rings is 2. The van der Waals surface area contributed by atoms with Gasteiger partial charge in [0.1, 0.15) is 12.4 Å². The molecular weight excluding hydrogens is 411 g/mol. The highest BCUT2D eigenvalue weighted by atomic mass is 19.1. The second-order valence-corrected chi connectivity index (χ2v) is 7.23. The van der Waals surface area contributed by atoms with E-state index in [1.807, 2.05) is 37.3 Å². The largest absolute Gasteiger partial charge is 0.487 e. The van der Waals surface area contributed by atoms with Crippen molar-refractivity contribution in [3.8, 4) is 11.7 Å². The fourth-order valence-electron chi connectivity index (χ4n) is 3.53. The highest BCUT2D eigenvalue weighted by Gasteiger charge is 2.18. The summed E-state index contributed by atoms with van der Waals surface area (Å²) in [7, 11) is 0. The number of nitrogens with two attached hydrogens (primary N) is 2. The van der Waals surface area contributed by atoms with Gasteiger partial charge in [-0.2, -0.15) is 4.98 Å². The maximum absolute atomic E-state index is 14.2. The molecule has 2 aromatic heterocycles. The number of carbonyl (C=O) groups excluding carboxylic acids is 1. The highest BCUT2D eigenvalue weighted by Crippen LogP contribution is 2.29. The van der Waals surface area contributed by atoms with Gasteiger partial charge < -0.3 is 21.5 Å². The summed E-state index contributed by atoms with van der Waals surface area (Å²) in [6, 6.07) is 14.1. The average Bonchev–Trinajstić information content (AvgIpc) is 3.12. The van der Waals surface area contributed by atoms with Gasteiger partial charge in [0.15, 0.2) is 11.6 Å². The van der Waals surface area contributed by atoms with Gasteiger partial charge in [-0.25, -0.2) is 9.37 Å². The lowest BCUT2D eigenvalue weighted by Crippen LogP contribution is -2.14. The third-order valence-electron chi connectivity index (χ3n) is 4.96. The molecule has 4 aromatic rings. The minimum absolute atomic E-state index is 0.104. The number of nitrogens with zero attached hydrogens (tertiary/aromatic N) is 3. The van der Waals surface area contributed by atoms with E-state index >= 15 is 0 Å². The second-order valence-electron chi connectivity index (χ2n) is 7.23. The SMILES string of the molecule is Cc1cc2c(C(N)=O)cc(F)cc2n1-c1ncc(OCCN)c(NCc2ccccc2)n1. The van der Waals surface area contributed by atoms with Crippen LogP contribution in [0.15, 0.2) is 54.7 Å². The number of nitrogens with one attached hydrogen (secondary N) is 1. The van der Waals surface area contributed by atoms with Gasteiger partial charge in [0.25, 0.3) is 0 Å². The third kappa shape index (κ3) is 4.23. The standard InChI is InChI=1S/C23H23FN6O2/c1-14-9-17-18(21(26)31)10-16(24)11-19(17)30(14)23-28-13-20(32-8-7-25)22(29-23)27-12-15-5-3-2-4-6-15/h2-6,9-11,13H,7-8,12,25H2,1H3,(H2,26,31)(H,27,28,29). The summed E-state index contributed by atoms with van der Waals surface area (Å²) in [6.45, 7) is 2.99. The zero-order chi connectivity index (χ0) is 22.7. The number of aryl methyl sites for hydroxylation is 1. The Morgan fingerprint density at radius 1 is 1.22 bits per heavy atom. The van der Waals surface area contributed by atoms with Crippen LogP contribution in [0.1, 0.15) is 21.6 Å². The highest BCUT2D eigenvalue weighted by molar-refractivity contribution is 6.06. The van der Waals surface area contributed by atoms with Crippen molar-refractivity contribution in [2.45, 2.75) is 13.5 Å². The number of anilines is 1. The molecule has 1 amide bonds. The number of carbonyl (C=O) groups is 1. The Hall–Kier alpha value is -3.98. The summed E-state index contributed by atoms with van der Waals surface area (Å²) in [4.78, 5) is 20.9. The summed E-state index contributed by atoms with van der Waals surface area (Å²) in [5.41, 5.74) is 13.4. The summed E-state index contributed by atoms with van der Waals surface area (Å²) < 4.78 is 21.6. The molecule has 2 aromatic carbocycles. The molecule has 8 nitrogen and oxygen atoms in total. The van der Waals surface area contributed by atoms with Crippen LogP contribution in [0.4, 0.5) is 10.2 Å². The number of fused-ring (bicyclic) bond motifs is 1. The molecule has 0 aliphatic heterocycles. The first-order chi connectivity index (χ1) is 15.5. The van der Waals surface area contributed by atoms with Crippen molar-refractivity contribution in [1.29, 1.82) is 0 Å². The Labute approximate surface area is 184 Å². The Morgan fingerprint density at radius 3 is 2.72 bits per heavy atom. The summed E-state index contributed by atoms with van der Waals surface area (Å²) in [6.07, 6.45) is 1.55. The fourth-order valence-corrected chi connectivity index (χ4v) is 3.53. The Kier molecular flexibility index (Phi) is 6.00. The van der Waals surface area contributed by atoms with Crippen LogP contribution >= 0.6 is 0 Å². The number of hydrogen-bond acceptors (Lipinski definition) is 6. The van der Waals surface area contributed by atoms with Crippen molar-refractivity contribution in [3.05, 3.63) is 77.4 Å². The molecular formula is C23H23FN6O2. The molecule has 0 atom stereocenters. The predicted molar refractivity (Wildman–Crippen MR) is 120 cm³/mol. The lowest BCUT2D eigenvalue weighted by Gasteiger charge is -2.14. The molecule has 0 unspecified atom stereocenters. The molecule has 0 aliphatic carbocycles. The van der Waals surface area contributed by atoms with Crippen LogP contribution in [0.2, 0.25) is 0 Å². The van der Waals surface area contributed by atoms with Crippen LogP contribution in [0.25, 0.3) is 16.9 Å². The molecule has 0 bridgehead atoms. The predicted octanol–water partition coefficient (Wildman–Crippen LogP) is 2.92. The van der Waals surface area contributed by atoms with Gasteiger partial charge in [0, 0.05) is 24.2 Å². The van der Waals surface area contributed by atoms with Crippen LogP contribution < -0.4 is 21.5 Å². The number of hydrogen-bond donors (Lipinski definition) is 3. The van der Waals surface area contributed by atoms with E-state index in [9.17, 15) is 9.18 Å². The summed E-state index contributed by atoms with van der Waals surface area (Å²) in [5.74, 6) is -0.0539. The minimum Gasteiger partial charge on any atom is -0.487 e. The molecule has 0 fully saturated rings. The van der Waals surface area contributed by atoms with E-state index in [-0.39, 0.29) is 5.56 Å². The molecule has 0 saturated heterocycles. The monoisotopic (exact) mass is 434 g/mol. The third-order valence-corrected chi connectivity index (χ3v) is 4.96. The zero-order valence-corrected chi connectivity index (χ0v) is 17.5. The maximum Gasteiger partial charge on any atom is 0.249 e. The van der Waals surface area contributed by atoms with Gasteiger partial charge in [-0.3, -0.25) is 9.36 Å². The van der Waals surface area contributed by atoms with E-state index in [4.69, 9.17) is 16.2 Å². The van der Waals surface area contributed by atoms with Crippen LogP contribution in [0, 0.1) is 12.7 Å². The number of primary amides is 1. The topological polar surface area (TPSA) is 121 Å². The molecule has 164 valence electrons. The van der Waals surface area contributed by atoms with Crippen molar-refractivity contribution in [1.82, 2.24) is 14.5 Å². The van der Waals surface area contributed by atoms with Crippen LogP contribution in [-0.4, -0.2) is 33.6 Å². The first-order valence-corrected chi connectivity index (χ1v) is 10.1. The molecule has 0 radical (unpaired) electrons. The molecule has 0 saturated carbocycles. The maximum atomic E-state index is 14.2. The Morgan fingerprint density at radius 2 is 2.00 bits per heavy atom. The number of aromatic nitrogens is 3. The average molecular weight is 434 g/mol. The van der Waals surface area contributed by atoms with Gasteiger partial charge in [0.05, 0.1) is 17.3 Å². The van der Waals surface area contributed by atoms with Gasteiger partial charge in [-0.05, 0) is 30.7 Å². The summed E-state index contributed by atoms with van der Waals surface area (Å²) >= 11 is 0. The van der Waals surface area contributed by atoms with E-state index in [0.29, 0.717) is 48.1 Å². The van der Waals surface area contributed by atoms with Gasteiger partial charge in [0.2, 0.25) is 11.9 Å². The molecule has 5 N–H and O–H groups in total. The Bertz CT molecular complexity index is 1270. The van der Waals surface area contributed by atoms with E-state index in [1.54, 1.807) is 16.8 Å². The minimum atomic E-state index is -0.705. The molecule has 9 heteroatoms. The first kappa shape index (κ1) is 21.3. The van der Waals surface area contributed by atoms with Crippen molar-refractivity contribution in [2.75, 3.05) is 18.5 Å². The van der Waals surface area contributed by atoms with Crippen molar-refractivity contribution in [3.63, 3.8) is 0 Å². The van der Waals surface area contributed by atoms with E-state index in [1.165, 1.54) is 6.07 Å². The van der Waals surface area contributed by atoms with Crippen LogP contribution in [0.3, 0.4) is 0 Å². The second kappa shape index (κ2) is 9.03. The molecule has 32 heavy (non-hydrogen) atoms. The first-order valence-electron chi connectivity index (χ1n) is 10.1. The number of amides is 1. The van der Waals surface area contributed by atoms with Crippen LogP contribution in [0.5, 0.6) is 5.75 Å². The molecule has 0 spiro atoms. The van der Waals surface area contributed by atoms with Gasteiger partial charge >= 0.3 is 0 Å². The van der Waals surface area contributed by atoms with Crippen molar-refractivity contribution >= 4 is 22.6 Å². The molecule has 4 rings (SSSR count). The number of ether oxygens (including phenoxy) is 1. The van der Waals surface area contributed by atoms with Gasteiger partial charge in [-0.1, -0.05) is 30.3 Å². The summed E-state index contributed by atoms with van der Waals surface area (Å²) in [5, 5.41) is 3.80. The quantitative estimate of drug-likeness (QED) is 0.392. The smallest absolute Gasteiger partial charge is 0.249 e. The lowest BCUT2D eigenvalue weighted by atomic mass is 10.1. The number of halogens is 1. The van der Waals surface area contributed by atoms with Crippen molar-refractivity contribution < 1.29 is 13.9 Å². The number of rotatable bonds is 8. The lowest BCUT2D eigenvalue weighted by molar-refractivity contribution is 0.100. The van der Waals surface area contributed by atoms with E-state index in [0.717, 1.165) is 17.3 Å². The van der Waals surface area contributed by atoms with E-state index in [2.05, 4.69) is 15.3 Å². The normalized spacial score (nSPS) is 11.0.